The van der Waals surface area contributed by atoms with E-state index in [0.717, 1.165) is 6.20 Å². The van der Waals surface area contributed by atoms with Crippen molar-refractivity contribution in [2.24, 2.45) is 0 Å². The molecule has 0 radical (unpaired) electrons. The summed E-state index contributed by atoms with van der Waals surface area (Å²) >= 11 is 0. The van der Waals surface area contributed by atoms with E-state index in [4.69, 9.17) is 15.4 Å². The molecule has 1 heterocycles. The molecule has 0 saturated carbocycles. The van der Waals surface area contributed by atoms with Crippen LogP contribution in [0, 0.1) is 6.92 Å². The SMILES string of the molecule is CCOC(=O)c1cnc(S(=O)(=O)Cl)nc1C. The Hall–Kier alpha value is -1.21. The average Bonchev–Trinajstić information content (AvgIpc) is 2.16. The van der Waals surface area contributed by atoms with Crippen molar-refractivity contribution in [2.75, 3.05) is 6.61 Å². The van der Waals surface area contributed by atoms with Gasteiger partial charge in [-0.3, -0.25) is 0 Å². The highest BCUT2D eigenvalue weighted by Gasteiger charge is 2.18. The Kier molecular flexibility index (Phi) is 3.82. The van der Waals surface area contributed by atoms with E-state index in [1.807, 2.05) is 0 Å². The van der Waals surface area contributed by atoms with E-state index in [0.29, 0.717) is 0 Å². The number of halogens is 1. The number of hydrogen-bond donors (Lipinski definition) is 0. The van der Waals surface area contributed by atoms with Crippen molar-refractivity contribution in [3.63, 3.8) is 0 Å². The first-order valence-corrected chi connectivity index (χ1v) is 6.62. The Morgan fingerprint density at radius 2 is 2.19 bits per heavy atom. The van der Waals surface area contributed by atoms with Gasteiger partial charge in [0.25, 0.3) is 14.2 Å². The number of rotatable bonds is 3. The lowest BCUT2D eigenvalue weighted by Gasteiger charge is -2.04. The molecule has 6 nitrogen and oxygen atoms in total. The van der Waals surface area contributed by atoms with E-state index in [-0.39, 0.29) is 17.9 Å². The molecular weight excluding hydrogens is 256 g/mol. The van der Waals surface area contributed by atoms with Crippen molar-refractivity contribution in [1.82, 2.24) is 9.97 Å². The quantitative estimate of drug-likeness (QED) is 0.458. The number of carbonyl (C=O) groups is 1. The standard InChI is InChI=1S/C8H9ClN2O4S/c1-3-15-7(12)6-4-10-8(11-5(6)2)16(9,13)14/h4H,3H2,1-2H3. The van der Waals surface area contributed by atoms with Crippen molar-refractivity contribution in [3.8, 4) is 0 Å². The lowest BCUT2D eigenvalue weighted by molar-refractivity contribution is 0.0524. The second-order valence-corrected chi connectivity index (χ2v) is 5.27. The van der Waals surface area contributed by atoms with Crippen LogP contribution in [0.25, 0.3) is 0 Å². The van der Waals surface area contributed by atoms with Gasteiger partial charge in [0.05, 0.1) is 17.9 Å². The Balaban J connectivity index is 3.15. The first kappa shape index (κ1) is 12.9. The molecule has 1 aromatic rings. The molecule has 0 fully saturated rings. The number of aryl methyl sites for hydroxylation is 1. The molecule has 1 aromatic heterocycles. The largest absolute Gasteiger partial charge is 0.462 e. The highest BCUT2D eigenvalue weighted by atomic mass is 35.7. The van der Waals surface area contributed by atoms with Crippen LogP contribution in [0.1, 0.15) is 23.0 Å². The number of hydrogen-bond acceptors (Lipinski definition) is 6. The topological polar surface area (TPSA) is 86.2 Å². The van der Waals surface area contributed by atoms with Crippen molar-refractivity contribution >= 4 is 25.7 Å². The molecule has 0 saturated heterocycles. The normalized spacial score (nSPS) is 11.2. The van der Waals surface area contributed by atoms with Crippen LogP contribution >= 0.6 is 10.7 Å². The maximum absolute atomic E-state index is 11.3. The minimum Gasteiger partial charge on any atom is -0.462 e. The fraction of sp³-hybridized carbons (Fsp3) is 0.375. The number of carbonyl (C=O) groups excluding carboxylic acids is 1. The van der Waals surface area contributed by atoms with Crippen molar-refractivity contribution in [3.05, 3.63) is 17.5 Å². The van der Waals surface area contributed by atoms with Crippen molar-refractivity contribution in [2.45, 2.75) is 19.0 Å². The van der Waals surface area contributed by atoms with E-state index in [2.05, 4.69) is 9.97 Å². The van der Waals surface area contributed by atoms with Crippen molar-refractivity contribution < 1.29 is 17.9 Å². The summed E-state index contributed by atoms with van der Waals surface area (Å²) in [4.78, 5) is 18.4. The van der Waals surface area contributed by atoms with Gasteiger partial charge in [-0.2, -0.15) is 0 Å². The molecule has 16 heavy (non-hydrogen) atoms. The third-order valence-corrected chi connectivity index (χ3v) is 2.72. The fourth-order valence-corrected chi connectivity index (χ4v) is 1.62. The summed E-state index contributed by atoms with van der Waals surface area (Å²) in [6.45, 7) is 3.35. The smallest absolute Gasteiger partial charge is 0.341 e. The maximum atomic E-state index is 11.3. The molecule has 0 aliphatic carbocycles. The molecule has 8 heteroatoms. The maximum Gasteiger partial charge on any atom is 0.341 e. The monoisotopic (exact) mass is 264 g/mol. The molecule has 0 atom stereocenters. The minimum atomic E-state index is -3.98. The molecule has 88 valence electrons. The second kappa shape index (κ2) is 4.75. The summed E-state index contributed by atoms with van der Waals surface area (Å²) in [5.74, 6) is -0.599. The average molecular weight is 265 g/mol. The number of aromatic nitrogens is 2. The summed E-state index contributed by atoms with van der Waals surface area (Å²) in [7, 11) is 1.07. The van der Waals surface area contributed by atoms with E-state index in [1.165, 1.54) is 6.92 Å². The molecule has 0 unspecified atom stereocenters. The van der Waals surface area contributed by atoms with Gasteiger partial charge in [-0.05, 0) is 13.8 Å². The lowest BCUT2D eigenvalue weighted by Crippen LogP contribution is -2.11. The summed E-state index contributed by atoms with van der Waals surface area (Å²) < 4.78 is 26.6. The molecular formula is C8H9ClN2O4S. The van der Waals surface area contributed by atoms with Crippen LogP contribution in [0.15, 0.2) is 11.4 Å². The fourth-order valence-electron chi connectivity index (χ4n) is 0.972. The highest BCUT2D eigenvalue weighted by molar-refractivity contribution is 8.13. The first-order valence-electron chi connectivity index (χ1n) is 4.31. The minimum absolute atomic E-state index is 0.117. The zero-order valence-corrected chi connectivity index (χ0v) is 10.2. The van der Waals surface area contributed by atoms with Crippen LogP contribution < -0.4 is 0 Å². The molecule has 0 amide bonds. The Labute approximate surface area is 97.0 Å². The predicted molar refractivity (Wildman–Crippen MR) is 55.8 cm³/mol. The Bertz CT molecular complexity index is 515. The van der Waals surface area contributed by atoms with Gasteiger partial charge < -0.3 is 4.74 Å². The van der Waals surface area contributed by atoms with Gasteiger partial charge in [0.15, 0.2) is 0 Å². The van der Waals surface area contributed by atoms with Crippen LogP contribution in [0.4, 0.5) is 0 Å². The zero-order valence-electron chi connectivity index (χ0n) is 8.60. The zero-order chi connectivity index (χ0) is 12.3. The Morgan fingerprint density at radius 3 is 2.62 bits per heavy atom. The molecule has 0 aromatic carbocycles. The van der Waals surface area contributed by atoms with Crippen LogP contribution in [-0.2, 0) is 13.8 Å². The van der Waals surface area contributed by atoms with Crippen LogP contribution in [0.3, 0.4) is 0 Å². The second-order valence-electron chi connectivity index (χ2n) is 2.81. The van der Waals surface area contributed by atoms with Crippen LogP contribution in [0.2, 0.25) is 0 Å². The molecule has 0 spiro atoms. The van der Waals surface area contributed by atoms with Crippen LogP contribution in [0.5, 0.6) is 0 Å². The summed E-state index contributed by atoms with van der Waals surface area (Å²) in [5.41, 5.74) is 0.318. The third-order valence-electron chi connectivity index (χ3n) is 1.67. The Morgan fingerprint density at radius 1 is 1.56 bits per heavy atom. The van der Waals surface area contributed by atoms with Gasteiger partial charge in [-0.15, -0.1) is 0 Å². The van der Waals surface area contributed by atoms with E-state index < -0.39 is 20.2 Å². The van der Waals surface area contributed by atoms with Gasteiger partial charge in [0.1, 0.15) is 0 Å². The van der Waals surface area contributed by atoms with E-state index >= 15 is 0 Å². The third kappa shape index (κ3) is 2.89. The van der Waals surface area contributed by atoms with Gasteiger partial charge in [0.2, 0.25) is 0 Å². The highest BCUT2D eigenvalue weighted by Crippen LogP contribution is 2.12. The molecule has 0 aliphatic rings. The summed E-state index contributed by atoms with van der Waals surface area (Å²) in [6.07, 6.45) is 1.08. The van der Waals surface area contributed by atoms with Gasteiger partial charge >= 0.3 is 5.97 Å². The van der Waals surface area contributed by atoms with Gasteiger partial charge in [0, 0.05) is 16.9 Å². The molecule has 0 aliphatic heterocycles. The van der Waals surface area contributed by atoms with E-state index in [1.54, 1.807) is 6.92 Å². The lowest BCUT2D eigenvalue weighted by atomic mass is 10.2. The predicted octanol–water partition coefficient (Wildman–Crippen LogP) is 0.889. The van der Waals surface area contributed by atoms with Gasteiger partial charge in [-0.1, -0.05) is 0 Å². The summed E-state index contributed by atoms with van der Waals surface area (Å²) in [5, 5.41) is -0.528. The molecule has 0 N–H and O–H groups in total. The summed E-state index contributed by atoms with van der Waals surface area (Å²) in [6, 6.07) is 0. The molecule has 1 rings (SSSR count). The number of esters is 1. The van der Waals surface area contributed by atoms with Crippen LogP contribution in [-0.4, -0.2) is 31.0 Å². The van der Waals surface area contributed by atoms with E-state index in [9.17, 15) is 13.2 Å². The first-order chi connectivity index (χ1) is 7.36. The molecule has 0 bridgehead atoms. The van der Waals surface area contributed by atoms with Crippen molar-refractivity contribution in [1.29, 1.82) is 0 Å². The number of ether oxygens (including phenoxy) is 1. The van der Waals surface area contributed by atoms with Gasteiger partial charge in [-0.25, -0.2) is 23.2 Å². The number of nitrogens with zero attached hydrogens (tertiary/aromatic N) is 2.